The van der Waals surface area contributed by atoms with Gasteiger partial charge in [-0.05, 0) is 49.9 Å². The Labute approximate surface area is 149 Å². The topological polar surface area (TPSA) is 63.8 Å². The summed E-state index contributed by atoms with van der Waals surface area (Å²) in [6.07, 6.45) is 0. The van der Waals surface area contributed by atoms with Crippen molar-refractivity contribution in [2.24, 2.45) is 0 Å². The first-order valence-electron chi connectivity index (χ1n) is 8.85. The second kappa shape index (κ2) is 7.83. The molecule has 136 valence electrons. The van der Waals surface area contributed by atoms with E-state index in [1.54, 1.807) is 6.07 Å². The number of quaternary nitrogens is 1. The molecular formula is C20H29N2O3+. The number of aryl methyl sites for hydroxylation is 1. The molecule has 0 spiro atoms. The molecular weight excluding hydrogens is 316 g/mol. The number of carbonyl (C=O) groups excluding carboxylic acids is 1. The van der Waals surface area contributed by atoms with E-state index in [-0.39, 0.29) is 17.6 Å². The third-order valence-electron chi connectivity index (χ3n) is 4.24. The number of amides is 1. The monoisotopic (exact) mass is 345 g/mol. The fourth-order valence-corrected chi connectivity index (χ4v) is 3.19. The molecule has 1 atom stereocenters. The van der Waals surface area contributed by atoms with Crippen LogP contribution in [0.25, 0.3) is 11.0 Å². The predicted molar refractivity (Wildman–Crippen MR) is 100 cm³/mol. The van der Waals surface area contributed by atoms with Gasteiger partial charge in [-0.3, -0.25) is 4.79 Å². The van der Waals surface area contributed by atoms with Crippen LogP contribution in [0.1, 0.15) is 50.3 Å². The molecule has 1 aromatic heterocycles. The van der Waals surface area contributed by atoms with Gasteiger partial charge in [-0.15, -0.1) is 0 Å². The lowest BCUT2D eigenvalue weighted by atomic mass is 9.95. The first-order chi connectivity index (χ1) is 11.7. The van der Waals surface area contributed by atoms with Crippen molar-refractivity contribution in [1.29, 1.82) is 0 Å². The average Bonchev–Trinajstić information content (AvgIpc) is 2.44. The lowest BCUT2D eigenvalue weighted by Gasteiger charge is -2.17. The molecule has 5 nitrogen and oxygen atoms in total. The Morgan fingerprint density at radius 2 is 1.88 bits per heavy atom. The molecule has 0 aliphatic heterocycles. The van der Waals surface area contributed by atoms with Gasteiger partial charge in [0.05, 0.1) is 7.05 Å². The Bertz CT molecular complexity index is 822. The van der Waals surface area contributed by atoms with Gasteiger partial charge >= 0.3 is 5.63 Å². The highest BCUT2D eigenvalue weighted by Gasteiger charge is 2.16. The average molecular weight is 345 g/mol. The third kappa shape index (κ3) is 4.92. The van der Waals surface area contributed by atoms with Crippen molar-refractivity contribution in [2.75, 3.05) is 13.6 Å². The van der Waals surface area contributed by atoms with Crippen LogP contribution in [-0.4, -0.2) is 25.5 Å². The number of benzene rings is 1. The molecule has 1 aromatic carbocycles. The van der Waals surface area contributed by atoms with Crippen LogP contribution >= 0.6 is 0 Å². The zero-order chi connectivity index (χ0) is 18.7. The maximum absolute atomic E-state index is 12.0. The normalized spacial score (nSPS) is 12.8. The van der Waals surface area contributed by atoms with Gasteiger partial charge in [-0.2, -0.15) is 0 Å². The van der Waals surface area contributed by atoms with E-state index in [0.717, 1.165) is 21.4 Å². The quantitative estimate of drug-likeness (QED) is 0.784. The van der Waals surface area contributed by atoms with E-state index in [2.05, 4.69) is 25.2 Å². The van der Waals surface area contributed by atoms with Gasteiger partial charge in [0.15, 0.2) is 6.54 Å². The molecule has 2 rings (SSSR count). The number of carbonyl (C=O) groups is 1. The number of likely N-dealkylation sites (N-methyl/N-ethyl adjacent to an activating group) is 1. The number of hydrogen-bond donors (Lipinski definition) is 2. The Kier molecular flexibility index (Phi) is 6.01. The molecule has 1 unspecified atom stereocenters. The Balaban J connectivity index is 2.35. The minimum absolute atomic E-state index is 0.0125. The van der Waals surface area contributed by atoms with Gasteiger partial charge < -0.3 is 14.6 Å². The van der Waals surface area contributed by atoms with E-state index in [4.69, 9.17) is 4.42 Å². The standard InChI is InChI=1S/C20H28N2O3/c1-12(2)16-9-17-15(8-20(24)25-18(17)7-14(16)5)10-22(6)11-19(23)21-13(3)4/h7-9,12-13H,10-11H2,1-6H3,(H,21,23)/p+1. The lowest BCUT2D eigenvalue weighted by Crippen LogP contribution is -3.09. The fraction of sp³-hybridized carbons (Fsp3) is 0.500. The van der Waals surface area contributed by atoms with Gasteiger partial charge in [0, 0.05) is 23.1 Å². The van der Waals surface area contributed by atoms with Crippen LogP contribution < -0.4 is 15.8 Å². The van der Waals surface area contributed by atoms with Crippen molar-refractivity contribution in [1.82, 2.24) is 5.32 Å². The maximum atomic E-state index is 12.0. The summed E-state index contributed by atoms with van der Waals surface area (Å²) < 4.78 is 5.39. The van der Waals surface area contributed by atoms with Gasteiger partial charge in [0.2, 0.25) is 0 Å². The van der Waals surface area contributed by atoms with Crippen LogP contribution in [0.5, 0.6) is 0 Å². The molecule has 0 aliphatic rings. The molecule has 0 radical (unpaired) electrons. The van der Waals surface area contributed by atoms with E-state index in [1.165, 1.54) is 5.56 Å². The third-order valence-corrected chi connectivity index (χ3v) is 4.24. The summed E-state index contributed by atoms with van der Waals surface area (Å²) in [5, 5.41) is 3.86. The van der Waals surface area contributed by atoms with Gasteiger partial charge in [0.1, 0.15) is 12.1 Å². The zero-order valence-corrected chi connectivity index (χ0v) is 16.0. The fourth-order valence-electron chi connectivity index (χ4n) is 3.19. The van der Waals surface area contributed by atoms with E-state index in [9.17, 15) is 9.59 Å². The summed E-state index contributed by atoms with van der Waals surface area (Å²) >= 11 is 0. The summed E-state index contributed by atoms with van der Waals surface area (Å²) in [6, 6.07) is 5.73. The van der Waals surface area contributed by atoms with E-state index >= 15 is 0 Å². The van der Waals surface area contributed by atoms with Crippen LogP contribution in [0.2, 0.25) is 0 Å². The number of hydrogen-bond acceptors (Lipinski definition) is 3. The number of fused-ring (bicyclic) bond motifs is 1. The maximum Gasteiger partial charge on any atom is 0.336 e. The zero-order valence-electron chi connectivity index (χ0n) is 16.0. The summed E-state index contributed by atoms with van der Waals surface area (Å²) in [6.45, 7) is 11.2. The van der Waals surface area contributed by atoms with Crippen LogP contribution in [0, 0.1) is 6.92 Å². The second-order valence-electron chi connectivity index (χ2n) is 7.48. The Morgan fingerprint density at radius 1 is 1.20 bits per heavy atom. The SMILES string of the molecule is Cc1cc2oc(=O)cc(C[NH+](C)CC(=O)NC(C)C)c2cc1C(C)C. The van der Waals surface area contributed by atoms with Crippen LogP contribution in [-0.2, 0) is 11.3 Å². The summed E-state index contributed by atoms with van der Waals surface area (Å²) in [4.78, 5) is 24.9. The molecule has 0 saturated carbocycles. The summed E-state index contributed by atoms with van der Waals surface area (Å²) in [7, 11) is 1.96. The predicted octanol–water partition coefficient (Wildman–Crippen LogP) is 1.76. The molecule has 5 heteroatoms. The molecule has 2 N–H and O–H groups in total. The number of nitrogens with one attached hydrogen (secondary N) is 2. The molecule has 1 heterocycles. The van der Waals surface area contributed by atoms with E-state index in [1.807, 2.05) is 33.9 Å². The van der Waals surface area contributed by atoms with Crippen LogP contribution in [0.15, 0.2) is 27.4 Å². The first-order valence-corrected chi connectivity index (χ1v) is 8.85. The van der Waals surface area contributed by atoms with E-state index in [0.29, 0.717) is 24.6 Å². The van der Waals surface area contributed by atoms with Gasteiger partial charge in [0.25, 0.3) is 5.91 Å². The largest absolute Gasteiger partial charge is 0.423 e. The van der Waals surface area contributed by atoms with Crippen molar-refractivity contribution in [2.45, 2.75) is 53.1 Å². The lowest BCUT2D eigenvalue weighted by molar-refractivity contribution is -0.885. The van der Waals surface area contributed by atoms with Crippen LogP contribution in [0.3, 0.4) is 0 Å². The molecule has 1 amide bonds. The van der Waals surface area contributed by atoms with Gasteiger partial charge in [-0.1, -0.05) is 13.8 Å². The van der Waals surface area contributed by atoms with Crippen molar-refractivity contribution in [3.05, 3.63) is 45.3 Å². The van der Waals surface area contributed by atoms with Crippen molar-refractivity contribution in [3.63, 3.8) is 0 Å². The minimum atomic E-state index is -0.348. The second-order valence-corrected chi connectivity index (χ2v) is 7.48. The van der Waals surface area contributed by atoms with Crippen molar-refractivity contribution < 1.29 is 14.1 Å². The Hall–Kier alpha value is -2.14. The minimum Gasteiger partial charge on any atom is -0.423 e. The highest BCUT2D eigenvalue weighted by molar-refractivity contribution is 5.82. The smallest absolute Gasteiger partial charge is 0.336 e. The number of rotatable bonds is 6. The molecule has 0 saturated heterocycles. The molecule has 2 aromatic rings. The summed E-state index contributed by atoms with van der Waals surface area (Å²) in [5.41, 5.74) is 3.56. The molecule has 0 bridgehead atoms. The molecule has 0 fully saturated rings. The molecule has 0 aliphatic carbocycles. The highest BCUT2D eigenvalue weighted by atomic mass is 16.4. The molecule has 25 heavy (non-hydrogen) atoms. The first kappa shape index (κ1) is 19.2. The van der Waals surface area contributed by atoms with Crippen LogP contribution in [0.4, 0.5) is 0 Å². The summed E-state index contributed by atoms with van der Waals surface area (Å²) in [5.74, 6) is 0.407. The highest BCUT2D eigenvalue weighted by Crippen LogP contribution is 2.26. The van der Waals surface area contributed by atoms with Crippen molar-refractivity contribution in [3.8, 4) is 0 Å². The Morgan fingerprint density at radius 3 is 2.48 bits per heavy atom. The van der Waals surface area contributed by atoms with E-state index < -0.39 is 0 Å². The van der Waals surface area contributed by atoms with Crippen molar-refractivity contribution >= 4 is 16.9 Å². The van der Waals surface area contributed by atoms with Gasteiger partial charge in [-0.25, -0.2) is 4.79 Å².